The lowest BCUT2D eigenvalue weighted by Gasteiger charge is -2.39. The lowest BCUT2D eigenvalue weighted by Crippen LogP contribution is -2.45. The summed E-state index contributed by atoms with van der Waals surface area (Å²) in [6.07, 6.45) is 9.42. The van der Waals surface area contributed by atoms with E-state index in [1.165, 1.54) is 12.1 Å². The van der Waals surface area contributed by atoms with Crippen LogP contribution in [0.15, 0.2) is 81.9 Å². The summed E-state index contributed by atoms with van der Waals surface area (Å²) in [6, 6.07) is 13.6. The van der Waals surface area contributed by atoms with Gasteiger partial charge in [0, 0.05) is 22.0 Å². The molecular weight excluding hydrogens is 530 g/mol. The zero-order valence-electron chi connectivity index (χ0n) is 19.1. The number of rotatable bonds is 6. The van der Waals surface area contributed by atoms with Crippen molar-refractivity contribution in [2.45, 2.75) is 49.0 Å². The third-order valence-electron chi connectivity index (χ3n) is 7.08. The Labute approximate surface area is 214 Å². The highest BCUT2D eigenvalue weighted by molar-refractivity contribution is 9.10. The van der Waals surface area contributed by atoms with Crippen LogP contribution in [0.2, 0.25) is 0 Å². The quantitative estimate of drug-likeness (QED) is 0.456. The number of benzene rings is 2. The first kappa shape index (κ1) is 24.3. The fourth-order valence-corrected chi connectivity index (χ4v) is 6.54. The van der Waals surface area contributed by atoms with Crippen LogP contribution in [0.4, 0.5) is 5.69 Å². The van der Waals surface area contributed by atoms with Crippen LogP contribution in [0, 0.1) is 17.8 Å². The van der Waals surface area contributed by atoms with E-state index >= 15 is 0 Å². The maximum Gasteiger partial charge on any atom is 0.317 e. The van der Waals surface area contributed by atoms with Crippen molar-refractivity contribution in [3.05, 3.63) is 82.6 Å². The molecule has 1 heterocycles. The largest absolute Gasteiger partial charge is 0.430 e. The number of allylic oxidation sites excluding steroid dienone is 3. The summed E-state index contributed by atoms with van der Waals surface area (Å²) in [6.45, 7) is 0. The van der Waals surface area contributed by atoms with Crippen molar-refractivity contribution < 1.29 is 23.1 Å². The Morgan fingerprint density at radius 3 is 2.60 bits per heavy atom. The van der Waals surface area contributed by atoms with Crippen LogP contribution < -0.4 is 4.72 Å². The van der Waals surface area contributed by atoms with Crippen molar-refractivity contribution in [2.75, 3.05) is 4.72 Å². The summed E-state index contributed by atoms with van der Waals surface area (Å²) in [5.74, 6) is -0.766. The van der Waals surface area contributed by atoms with Gasteiger partial charge in [-0.25, -0.2) is 8.42 Å². The van der Waals surface area contributed by atoms with E-state index in [1.54, 1.807) is 36.4 Å². The molecule has 1 aliphatic heterocycles. The summed E-state index contributed by atoms with van der Waals surface area (Å²) < 4.78 is 35.0. The number of esters is 1. The molecule has 0 aromatic heterocycles. The highest BCUT2D eigenvalue weighted by Crippen LogP contribution is 2.51. The second-order valence-electron chi connectivity index (χ2n) is 9.52. The number of aliphatic hydroxyl groups excluding tert-OH is 1. The summed E-state index contributed by atoms with van der Waals surface area (Å²) in [4.78, 5) is 13.3. The van der Waals surface area contributed by atoms with Crippen molar-refractivity contribution in [1.29, 1.82) is 0 Å². The fraction of sp³-hybridized carbons (Fsp3) is 0.370. The van der Waals surface area contributed by atoms with Crippen LogP contribution in [0.5, 0.6) is 0 Å². The summed E-state index contributed by atoms with van der Waals surface area (Å²) in [7, 11) is -3.77. The standard InChI is InChI=1S/C27H28BrNO5S/c28-19-12-14-21(15-13-19)35(32,33)29-20-7-5-6-18(16-20)24(17-10-11-17)25-26(30)22-8-3-1-2-4-9-23(22)34-27(25)31/h2,4-7,9,12-17,22,24-26,29-30H,1,3,8,10-11H2. The number of fused-ring (bicyclic) bond motifs is 1. The highest BCUT2D eigenvalue weighted by atomic mass is 79.9. The molecule has 6 nitrogen and oxygen atoms in total. The van der Waals surface area contributed by atoms with Gasteiger partial charge in [-0.3, -0.25) is 9.52 Å². The molecule has 35 heavy (non-hydrogen) atoms. The molecule has 0 radical (unpaired) electrons. The first-order chi connectivity index (χ1) is 16.8. The molecule has 184 valence electrons. The highest BCUT2D eigenvalue weighted by Gasteiger charge is 2.50. The van der Waals surface area contributed by atoms with Gasteiger partial charge >= 0.3 is 5.97 Å². The number of halogens is 1. The first-order valence-corrected chi connectivity index (χ1v) is 14.3. The molecule has 0 amide bonds. The lowest BCUT2D eigenvalue weighted by atomic mass is 9.72. The molecule has 5 rings (SSSR count). The van der Waals surface area contributed by atoms with E-state index in [2.05, 4.69) is 20.7 Å². The van der Waals surface area contributed by atoms with Gasteiger partial charge in [0.2, 0.25) is 0 Å². The Hall–Kier alpha value is -2.42. The zero-order valence-corrected chi connectivity index (χ0v) is 21.5. The Kier molecular flexibility index (Phi) is 6.88. The minimum Gasteiger partial charge on any atom is -0.430 e. The molecule has 3 aliphatic rings. The minimum absolute atomic E-state index is 0.161. The average molecular weight is 558 g/mol. The van der Waals surface area contributed by atoms with Crippen LogP contribution in [0.1, 0.15) is 43.6 Å². The van der Waals surface area contributed by atoms with Gasteiger partial charge in [0.15, 0.2) is 0 Å². The molecule has 1 saturated heterocycles. The van der Waals surface area contributed by atoms with E-state index in [1.807, 2.05) is 18.2 Å². The fourth-order valence-electron chi connectivity index (χ4n) is 5.23. The minimum atomic E-state index is -3.77. The molecule has 4 atom stereocenters. The molecule has 8 heteroatoms. The average Bonchev–Trinajstić information content (AvgIpc) is 3.63. The maximum atomic E-state index is 13.2. The van der Waals surface area contributed by atoms with Crippen molar-refractivity contribution in [2.24, 2.45) is 17.8 Å². The second kappa shape index (κ2) is 9.91. The first-order valence-electron chi connectivity index (χ1n) is 12.0. The molecule has 2 aliphatic carbocycles. The van der Waals surface area contributed by atoms with E-state index in [9.17, 15) is 18.3 Å². The molecule has 2 aromatic carbocycles. The number of hydrogen-bond donors (Lipinski definition) is 2. The van der Waals surface area contributed by atoms with Crippen LogP contribution in [-0.2, 0) is 19.6 Å². The maximum absolute atomic E-state index is 13.2. The van der Waals surface area contributed by atoms with Gasteiger partial charge < -0.3 is 9.84 Å². The normalized spacial score (nSPS) is 25.5. The molecule has 2 aromatic rings. The van der Waals surface area contributed by atoms with Crippen LogP contribution >= 0.6 is 15.9 Å². The van der Waals surface area contributed by atoms with Gasteiger partial charge in [0.1, 0.15) is 5.76 Å². The SMILES string of the molecule is O=C1OC2=CC=CCCCC2C(O)C1C(c1cccc(NS(=O)(=O)c2ccc(Br)cc2)c1)C1CC1. The number of anilines is 1. The summed E-state index contributed by atoms with van der Waals surface area (Å²) >= 11 is 3.32. The Balaban J connectivity index is 1.44. The monoisotopic (exact) mass is 557 g/mol. The third-order valence-corrected chi connectivity index (χ3v) is 9.01. The van der Waals surface area contributed by atoms with Gasteiger partial charge in [-0.05, 0) is 86.1 Å². The smallest absolute Gasteiger partial charge is 0.317 e. The van der Waals surface area contributed by atoms with E-state index in [0.29, 0.717) is 11.4 Å². The van der Waals surface area contributed by atoms with Crippen molar-refractivity contribution in [1.82, 2.24) is 0 Å². The van der Waals surface area contributed by atoms with Crippen LogP contribution in [-0.4, -0.2) is 25.6 Å². The number of carbonyl (C=O) groups is 1. The Morgan fingerprint density at radius 2 is 1.86 bits per heavy atom. The molecule has 1 saturated carbocycles. The number of carbonyl (C=O) groups excluding carboxylic acids is 1. The Morgan fingerprint density at radius 1 is 1.09 bits per heavy atom. The Bertz CT molecular complexity index is 1270. The summed E-state index contributed by atoms with van der Waals surface area (Å²) in [5, 5.41) is 11.4. The third kappa shape index (κ3) is 5.25. The van der Waals surface area contributed by atoms with E-state index in [-0.39, 0.29) is 22.6 Å². The van der Waals surface area contributed by atoms with Crippen molar-refractivity contribution in [3.63, 3.8) is 0 Å². The van der Waals surface area contributed by atoms with Crippen molar-refractivity contribution in [3.8, 4) is 0 Å². The second-order valence-corrected chi connectivity index (χ2v) is 12.1. The molecule has 0 spiro atoms. The number of aliphatic hydroxyl groups is 1. The van der Waals surface area contributed by atoms with Crippen LogP contribution in [0.25, 0.3) is 0 Å². The zero-order chi connectivity index (χ0) is 24.6. The van der Waals surface area contributed by atoms with E-state index < -0.39 is 28.0 Å². The number of hydrogen-bond acceptors (Lipinski definition) is 5. The van der Waals surface area contributed by atoms with Gasteiger partial charge in [0.25, 0.3) is 10.0 Å². The molecule has 2 N–H and O–H groups in total. The summed E-state index contributed by atoms with van der Waals surface area (Å²) in [5.41, 5.74) is 1.26. The number of nitrogens with one attached hydrogen (secondary N) is 1. The van der Waals surface area contributed by atoms with Gasteiger partial charge in [-0.2, -0.15) is 0 Å². The predicted octanol–water partition coefficient (Wildman–Crippen LogP) is 5.52. The van der Waals surface area contributed by atoms with Crippen molar-refractivity contribution >= 4 is 37.6 Å². The number of sulfonamides is 1. The number of ether oxygens (including phenoxy) is 1. The van der Waals surface area contributed by atoms with E-state index in [0.717, 1.165) is 42.1 Å². The molecule has 2 fully saturated rings. The van der Waals surface area contributed by atoms with Gasteiger partial charge in [0.05, 0.1) is 16.9 Å². The predicted molar refractivity (Wildman–Crippen MR) is 137 cm³/mol. The lowest BCUT2D eigenvalue weighted by molar-refractivity contribution is -0.160. The molecule has 4 unspecified atom stereocenters. The van der Waals surface area contributed by atoms with E-state index in [4.69, 9.17) is 4.74 Å². The topological polar surface area (TPSA) is 92.7 Å². The molecular formula is C27H28BrNO5S. The van der Waals surface area contributed by atoms with Crippen LogP contribution in [0.3, 0.4) is 0 Å². The molecule has 0 bridgehead atoms. The van der Waals surface area contributed by atoms with Gasteiger partial charge in [-0.1, -0.05) is 40.2 Å². The van der Waals surface area contributed by atoms with Gasteiger partial charge in [-0.15, -0.1) is 0 Å².